The lowest BCUT2D eigenvalue weighted by molar-refractivity contribution is -0.128. The predicted molar refractivity (Wildman–Crippen MR) is 125 cm³/mol. The molecule has 0 bridgehead atoms. The average molecular weight is 414 g/mol. The zero-order valence-corrected chi connectivity index (χ0v) is 18.4. The zero-order chi connectivity index (χ0) is 21.6. The van der Waals surface area contributed by atoms with Gasteiger partial charge in [0.25, 0.3) is 5.91 Å². The van der Waals surface area contributed by atoms with E-state index in [0.717, 1.165) is 29.7 Å². The molecular weight excluding hydrogens is 382 g/mol. The zero-order valence-electron chi connectivity index (χ0n) is 18.4. The third kappa shape index (κ3) is 5.16. The van der Waals surface area contributed by atoms with E-state index in [9.17, 15) is 4.79 Å². The summed E-state index contributed by atoms with van der Waals surface area (Å²) in [4.78, 5) is 13.3. The molecule has 3 aromatic rings. The molecule has 31 heavy (non-hydrogen) atoms. The molecule has 0 fully saturated rings. The Balaban J connectivity index is 1.53. The molecule has 3 heteroatoms. The molecule has 1 N–H and O–H groups in total. The number of benzene rings is 3. The Labute approximate surface area is 185 Å². The summed E-state index contributed by atoms with van der Waals surface area (Å²) in [6.45, 7) is 4.06. The van der Waals surface area contributed by atoms with E-state index in [4.69, 9.17) is 4.74 Å². The van der Waals surface area contributed by atoms with Crippen molar-refractivity contribution >= 4 is 5.91 Å². The molecule has 0 unspecified atom stereocenters. The smallest absolute Gasteiger partial charge is 0.261 e. The van der Waals surface area contributed by atoms with Crippen LogP contribution in [0, 0.1) is 6.92 Å². The first-order valence-corrected chi connectivity index (χ1v) is 11.3. The Bertz CT molecular complexity index is 1010. The van der Waals surface area contributed by atoms with Crippen molar-refractivity contribution in [2.24, 2.45) is 0 Å². The van der Waals surface area contributed by atoms with E-state index in [1.54, 1.807) is 0 Å². The highest BCUT2D eigenvalue weighted by molar-refractivity contribution is 5.82. The van der Waals surface area contributed by atoms with Crippen LogP contribution in [0.2, 0.25) is 0 Å². The van der Waals surface area contributed by atoms with Crippen LogP contribution in [0.4, 0.5) is 0 Å². The van der Waals surface area contributed by atoms with Crippen LogP contribution in [0.3, 0.4) is 0 Å². The van der Waals surface area contributed by atoms with Gasteiger partial charge in [-0.1, -0.05) is 73.2 Å². The molecular formula is C28H31NO2. The SMILES string of the molecule is CC[C@H](Oc1ccc2c(c1)CCCC2)C(=O)N[C@@H](c1ccccc1)c1ccc(C)cc1. The maximum atomic E-state index is 13.3. The van der Waals surface area contributed by atoms with Crippen molar-refractivity contribution in [1.82, 2.24) is 5.32 Å². The number of rotatable bonds is 7. The van der Waals surface area contributed by atoms with E-state index < -0.39 is 6.10 Å². The Kier molecular flexibility index (Phi) is 6.71. The fourth-order valence-electron chi connectivity index (χ4n) is 4.27. The van der Waals surface area contributed by atoms with Crippen molar-refractivity contribution in [2.45, 2.75) is 58.1 Å². The van der Waals surface area contributed by atoms with E-state index in [2.05, 4.69) is 60.8 Å². The van der Waals surface area contributed by atoms with E-state index >= 15 is 0 Å². The summed E-state index contributed by atoms with van der Waals surface area (Å²) in [5.41, 5.74) is 6.10. The monoisotopic (exact) mass is 413 g/mol. The van der Waals surface area contributed by atoms with Crippen LogP contribution in [0.15, 0.2) is 72.8 Å². The largest absolute Gasteiger partial charge is 0.481 e. The highest BCUT2D eigenvalue weighted by Crippen LogP contribution is 2.27. The van der Waals surface area contributed by atoms with Crippen LogP contribution in [-0.4, -0.2) is 12.0 Å². The maximum Gasteiger partial charge on any atom is 0.261 e. The fourth-order valence-corrected chi connectivity index (χ4v) is 4.27. The highest BCUT2D eigenvalue weighted by atomic mass is 16.5. The molecule has 0 spiro atoms. The van der Waals surface area contributed by atoms with E-state index in [0.29, 0.717) is 6.42 Å². The molecule has 3 nitrogen and oxygen atoms in total. The van der Waals surface area contributed by atoms with Gasteiger partial charge in [0.2, 0.25) is 0 Å². The minimum atomic E-state index is -0.529. The number of carbonyl (C=O) groups is 1. The summed E-state index contributed by atoms with van der Waals surface area (Å²) in [6, 6.07) is 24.5. The second kappa shape index (κ2) is 9.82. The summed E-state index contributed by atoms with van der Waals surface area (Å²) < 4.78 is 6.17. The highest BCUT2D eigenvalue weighted by Gasteiger charge is 2.24. The second-order valence-corrected chi connectivity index (χ2v) is 8.42. The molecule has 4 rings (SSSR count). The van der Waals surface area contributed by atoms with E-state index in [-0.39, 0.29) is 11.9 Å². The number of hydrogen-bond donors (Lipinski definition) is 1. The van der Waals surface area contributed by atoms with Gasteiger partial charge >= 0.3 is 0 Å². The first-order chi connectivity index (χ1) is 15.1. The molecule has 2 atom stereocenters. The van der Waals surface area contributed by atoms with Gasteiger partial charge in [-0.25, -0.2) is 0 Å². The normalized spacial score (nSPS) is 14.9. The van der Waals surface area contributed by atoms with Crippen molar-refractivity contribution in [3.63, 3.8) is 0 Å². The number of ether oxygens (including phenoxy) is 1. The van der Waals surface area contributed by atoms with Crippen LogP contribution in [0.25, 0.3) is 0 Å². The first-order valence-electron chi connectivity index (χ1n) is 11.3. The lowest BCUT2D eigenvalue weighted by atomic mass is 9.92. The molecule has 1 amide bonds. The van der Waals surface area contributed by atoms with Gasteiger partial charge in [0, 0.05) is 0 Å². The number of nitrogens with one attached hydrogen (secondary N) is 1. The lowest BCUT2D eigenvalue weighted by Gasteiger charge is -2.24. The third-order valence-electron chi connectivity index (χ3n) is 6.09. The van der Waals surface area contributed by atoms with Gasteiger partial charge in [-0.2, -0.15) is 0 Å². The molecule has 0 radical (unpaired) electrons. The third-order valence-corrected chi connectivity index (χ3v) is 6.09. The second-order valence-electron chi connectivity index (χ2n) is 8.42. The summed E-state index contributed by atoms with van der Waals surface area (Å²) in [7, 11) is 0. The van der Waals surface area contributed by atoms with Crippen LogP contribution < -0.4 is 10.1 Å². The summed E-state index contributed by atoms with van der Waals surface area (Å²) >= 11 is 0. The van der Waals surface area contributed by atoms with Gasteiger partial charge in [-0.3, -0.25) is 4.79 Å². The van der Waals surface area contributed by atoms with Crippen molar-refractivity contribution in [2.75, 3.05) is 0 Å². The number of amides is 1. The Morgan fingerprint density at radius 1 is 0.903 bits per heavy atom. The van der Waals surface area contributed by atoms with Gasteiger partial charge < -0.3 is 10.1 Å². The molecule has 0 heterocycles. The van der Waals surface area contributed by atoms with Crippen molar-refractivity contribution in [3.8, 4) is 5.75 Å². The molecule has 0 saturated carbocycles. The van der Waals surface area contributed by atoms with Gasteiger partial charge in [0.1, 0.15) is 5.75 Å². The molecule has 0 saturated heterocycles. The molecule has 1 aliphatic rings. The van der Waals surface area contributed by atoms with E-state index in [1.807, 2.05) is 31.2 Å². The molecule has 0 aromatic heterocycles. The van der Waals surface area contributed by atoms with Crippen LogP contribution in [0.1, 0.15) is 60.0 Å². The first kappa shape index (κ1) is 21.2. The summed E-state index contributed by atoms with van der Waals surface area (Å²) in [6.07, 6.45) is 4.80. The minimum absolute atomic E-state index is 0.0883. The lowest BCUT2D eigenvalue weighted by Crippen LogP contribution is -2.40. The number of carbonyl (C=O) groups excluding carboxylic acids is 1. The van der Waals surface area contributed by atoms with Crippen molar-refractivity contribution < 1.29 is 9.53 Å². The van der Waals surface area contributed by atoms with Gasteiger partial charge in [0.15, 0.2) is 6.10 Å². The van der Waals surface area contributed by atoms with Crippen LogP contribution in [-0.2, 0) is 17.6 Å². The van der Waals surface area contributed by atoms with Crippen molar-refractivity contribution in [1.29, 1.82) is 0 Å². The van der Waals surface area contributed by atoms with E-state index in [1.165, 1.54) is 29.5 Å². The Morgan fingerprint density at radius 2 is 1.58 bits per heavy atom. The number of hydrogen-bond acceptors (Lipinski definition) is 2. The number of aryl methyl sites for hydroxylation is 3. The fraction of sp³-hybridized carbons (Fsp3) is 0.321. The summed E-state index contributed by atoms with van der Waals surface area (Å²) in [5, 5.41) is 3.24. The maximum absolute atomic E-state index is 13.3. The predicted octanol–water partition coefficient (Wildman–Crippen LogP) is 5.94. The topological polar surface area (TPSA) is 38.3 Å². The Morgan fingerprint density at radius 3 is 2.29 bits per heavy atom. The van der Waals surface area contributed by atoms with Crippen molar-refractivity contribution in [3.05, 3.63) is 101 Å². The van der Waals surface area contributed by atoms with Crippen LogP contribution in [0.5, 0.6) is 5.75 Å². The van der Waals surface area contributed by atoms with Gasteiger partial charge in [0.05, 0.1) is 6.04 Å². The standard InChI is InChI=1S/C28H31NO2/c1-3-26(31-25-18-17-21-9-7-8-12-24(21)19-25)28(30)29-27(22-10-5-4-6-11-22)23-15-13-20(2)14-16-23/h4-6,10-11,13-19,26-27H,3,7-9,12H2,1-2H3,(H,29,30)/t26-,27-/m0/s1. The van der Waals surface area contributed by atoms with Gasteiger partial charge in [-0.05, 0) is 73.4 Å². The molecule has 160 valence electrons. The quantitative estimate of drug-likeness (QED) is 0.521. The summed E-state index contributed by atoms with van der Waals surface area (Å²) in [5.74, 6) is 0.698. The molecule has 1 aliphatic carbocycles. The van der Waals surface area contributed by atoms with Gasteiger partial charge in [-0.15, -0.1) is 0 Å². The minimum Gasteiger partial charge on any atom is -0.481 e. The number of fused-ring (bicyclic) bond motifs is 1. The Hall–Kier alpha value is -3.07. The molecule has 3 aromatic carbocycles. The van der Waals surface area contributed by atoms with Crippen LogP contribution >= 0.6 is 0 Å². The molecule has 0 aliphatic heterocycles. The average Bonchev–Trinajstić information content (AvgIpc) is 2.82.